The summed E-state index contributed by atoms with van der Waals surface area (Å²) in [7, 11) is 0. The van der Waals surface area contributed by atoms with E-state index in [-0.39, 0.29) is 5.91 Å². The Hall–Kier alpha value is -2.77. The molecule has 0 aliphatic carbocycles. The summed E-state index contributed by atoms with van der Waals surface area (Å²) in [5.41, 5.74) is 5.41. The van der Waals surface area contributed by atoms with Gasteiger partial charge in [-0.1, -0.05) is 23.9 Å². The van der Waals surface area contributed by atoms with Crippen LogP contribution in [0.2, 0.25) is 0 Å². The predicted molar refractivity (Wildman–Crippen MR) is 122 cm³/mol. The third-order valence-electron chi connectivity index (χ3n) is 5.09. The van der Waals surface area contributed by atoms with Gasteiger partial charge >= 0.3 is 0 Å². The Morgan fingerprint density at radius 3 is 2.67 bits per heavy atom. The van der Waals surface area contributed by atoms with Crippen LogP contribution in [0.15, 0.2) is 60.0 Å². The van der Waals surface area contributed by atoms with Gasteiger partial charge in [0.2, 0.25) is 5.91 Å². The first-order valence-corrected chi connectivity index (χ1v) is 11.0. The first-order chi connectivity index (χ1) is 14.6. The summed E-state index contributed by atoms with van der Waals surface area (Å²) in [5.74, 6) is 0.252. The Labute approximate surface area is 181 Å². The number of ether oxygens (including phenoxy) is 1. The summed E-state index contributed by atoms with van der Waals surface area (Å²) in [4.78, 5) is 19.2. The minimum atomic E-state index is -0.0466. The Morgan fingerprint density at radius 1 is 1.13 bits per heavy atom. The number of nitrogens with zero attached hydrogens (tertiary/aromatic N) is 3. The zero-order valence-corrected chi connectivity index (χ0v) is 18.1. The van der Waals surface area contributed by atoms with E-state index in [1.54, 1.807) is 6.20 Å². The summed E-state index contributed by atoms with van der Waals surface area (Å²) < 4.78 is 7.44. The number of carbonyl (C=O) groups is 1. The molecule has 156 valence electrons. The number of aromatic nitrogens is 2. The van der Waals surface area contributed by atoms with Gasteiger partial charge in [0.1, 0.15) is 0 Å². The van der Waals surface area contributed by atoms with Crippen molar-refractivity contribution in [1.29, 1.82) is 0 Å². The van der Waals surface area contributed by atoms with Crippen molar-refractivity contribution in [2.24, 2.45) is 0 Å². The highest BCUT2D eigenvalue weighted by molar-refractivity contribution is 7.99. The van der Waals surface area contributed by atoms with Crippen LogP contribution in [-0.2, 0) is 9.53 Å². The maximum Gasteiger partial charge on any atom is 0.234 e. The molecule has 1 saturated heterocycles. The van der Waals surface area contributed by atoms with Gasteiger partial charge in [-0.3, -0.25) is 9.36 Å². The maximum absolute atomic E-state index is 12.5. The second kappa shape index (κ2) is 9.36. The van der Waals surface area contributed by atoms with Crippen LogP contribution >= 0.6 is 11.8 Å². The van der Waals surface area contributed by atoms with E-state index in [1.807, 2.05) is 35.0 Å². The molecule has 0 radical (unpaired) electrons. The molecule has 0 unspecified atom stereocenters. The van der Waals surface area contributed by atoms with Gasteiger partial charge in [0.25, 0.3) is 0 Å². The number of hydrogen-bond donors (Lipinski definition) is 1. The van der Waals surface area contributed by atoms with Gasteiger partial charge < -0.3 is 15.0 Å². The molecule has 1 aromatic heterocycles. The lowest BCUT2D eigenvalue weighted by molar-refractivity contribution is -0.113. The fraction of sp³-hybridized carbons (Fsp3) is 0.304. The van der Waals surface area contributed by atoms with Crippen LogP contribution in [0.1, 0.15) is 11.1 Å². The third kappa shape index (κ3) is 4.86. The maximum atomic E-state index is 12.5. The van der Waals surface area contributed by atoms with E-state index in [4.69, 9.17) is 4.74 Å². The average Bonchev–Trinajstić information content (AvgIpc) is 3.23. The van der Waals surface area contributed by atoms with Crippen molar-refractivity contribution in [2.75, 3.05) is 42.3 Å². The standard InChI is InChI=1S/C23H26N4O2S/c1-17-3-4-18(2)21(15-17)27-10-9-24-23(27)30-16-22(28)25-19-5-7-20(8-6-19)26-11-13-29-14-12-26/h3-10,15H,11-14,16H2,1-2H3,(H,25,28). The second-order valence-corrected chi connectivity index (χ2v) is 8.30. The molecule has 1 amide bonds. The molecule has 6 nitrogen and oxygen atoms in total. The number of aryl methyl sites for hydroxylation is 2. The van der Waals surface area contributed by atoms with Crippen molar-refractivity contribution >= 4 is 29.0 Å². The van der Waals surface area contributed by atoms with Crippen LogP contribution in [-0.4, -0.2) is 47.5 Å². The largest absolute Gasteiger partial charge is 0.378 e. The monoisotopic (exact) mass is 422 g/mol. The Morgan fingerprint density at radius 2 is 1.90 bits per heavy atom. The van der Waals surface area contributed by atoms with E-state index < -0.39 is 0 Å². The molecule has 2 aromatic carbocycles. The van der Waals surface area contributed by atoms with Crippen molar-refractivity contribution in [1.82, 2.24) is 9.55 Å². The number of imidazole rings is 1. The minimum absolute atomic E-state index is 0.0466. The quantitative estimate of drug-likeness (QED) is 0.607. The Balaban J connectivity index is 1.36. The SMILES string of the molecule is Cc1ccc(C)c(-n2ccnc2SCC(=O)Nc2ccc(N3CCOCC3)cc2)c1. The lowest BCUT2D eigenvalue weighted by Crippen LogP contribution is -2.36. The van der Waals surface area contributed by atoms with Crippen molar-refractivity contribution in [3.05, 3.63) is 66.0 Å². The number of carbonyl (C=O) groups excluding carboxylic acids is 1. The number of rotatable bonds is 6. The summed E-state index contributed by atoms with van der Waals surface area (Å²) in [5, 5.41) is 3.78. The fourth-order valence-corrected chi connectivity index (χ4v) is 4.23. The number of amides is 1. The normalized spacial score (nSPS) is 14.0. The molecule has 7 heteroatoms. The second-order valence-electron chi connectivity index (χ2n) is 7.35. The van der Waals surface area contributed by atoms with Gasteiger partial charge in [0.15, 0.2) is 5.16 Å². The lowest BCUT2D eigenvalue weighted by atomic mass is 10.1. The minimum Gasteiger partial charge on any atom is -0.378 e. The molecule has 0 saturated carbocycles. The van der Waals surface area contributed by atoms with E-state index in [0.717, 1.165) is 48.5 Å². The van der Waals surface area contributed by atoms with Crippen LogP contribution in [0, 0.1) is 13.8 Å². The van der Waals surface area contributed by atoms with Gasteiger partial charge in [0, 0.05) is 36.9 Å². The van der Waals surface area contributed by atoms with Gasteiger partial charge in [-0.2, -0.15) is 0 Å². The zero-order valence-electron chi connectivity index (χ0n) is 17.3. The molecule has 0 spiro atoms. The number of hydrogen-bond acceptors (Lipinski definition) is 5. The van der Waals surface area contributed by atoms with Crippen molar-refractivity contribution in [3.63, 3.8) is 0 Å². The molecule has 30 heavy (non-hydrogen) atoms. The van der Waals surface area contributed by atoms with Crippen molar-refractivity contribution < 1.29 is 9.53 Å². The molecular formula is C23H26N4O2S. The first-order valence-electron chi connectivity index (χ1n) is 10.1. The smallest absolute Gasteiger partial charge is 0.234 e. The molecule has 2 heterocycles. The molecule has 1 fully saturated rings. The Bertz CT molecular complexity index is 1010. The molecule has 4 rings (SSSR count). The first kappa shape index (κ1) is 20.5. The van der Waals surface area contributed by atoms with Crippen LogP contribution in [0.5, 0.6) is 0 Å². The predicted octanol–water partition coefficient (Wildman–Crippen LogP) is 4.06. The summed E-state index contributed by atoms with van der Waals surface area (Å²) >= 11 is 1.43. The van der Waals surface area contributed by atoms with Crippen molar-refractivity contribution in [3.8, 4) is 5.69 Å². The molecule has 3 aromatic rings. The van der Waals surface area contributed by atoms with Crippen LogP contribution in [0.3, 0.4) is 0 Å². The van der Waals surface area contributed by atoms with E-state index in [9.17, 15) is 4.79 Å². The number of nitrogens with one attached hydrogen (secondary N) is 1. The third-order valence-corrected chi connectivity index (χ3v) is 6.06. The fourth-order valence-electron chi connectivity index (χ4n) is 3.46. The van der Waals surface area contributed by atoms with Gasteiger partial charge in [-0.25, -0.2) is 4.98 Å². The van der Waals surface area contributed by atoms with Crippen LogP contribution < -0.4 is 10.2 Å². The van der Waals surface area contributed by atoms with Crippen molar-refractivity contribution in [2.45, 2.75) is 19.0 Å². The van der Waals surface area contributed by atoms with E-state index in [2.05, 4.69) is 47.2 Å². The zero-order chi connectivity index (χ0) is 20.9. The van der Waals surface area contributed by atoms with Gasteiger partial charge in [-0.15, -0.1) is 0 Å². The highest BCUT2D eigenvalue weighted by Gasteiger charge is 2.13. The molecule has 0 atom stereocenters. The van der Waals surface area contributed by atoms with Crippen LogP contribution in [0.4, 0.5) is 11.4 Å². The van der Waals surface area contributed by atoms with E-state index >= 15 is 0 Å². The highest BCUT2D eigenvalue weighted by atomic mass is 32.2. The molecule has 1 N–H and O–H groups in total. The number of morpholine rings is 1. The molecule has 1 aliphatic heterocycles. The highest BCUT2D eigenvalue weighted by Crippen LogP contribution is 2.24. The number of thioether (sulfide) groups is 1. The van der Waals surface area contributed by atoms with Crippen LogP contribution in [0.25, 0.3) is 5.69 Å². The van der Waals surface area contributed by atoms with E-state index in [0.29, 0.717) is 5.75 Å². The average molecular weight is 423 g/mol. The molecular weight excluding hydrogens is 396 g/mol. The van der Waals surface area contributed by atoms with Gasteiger partial charge in [0.05, 0.1) is 24.7 Å². The Kier molecular flexibility index (Phi) is 6.40. The molecule has 0 bridgehead atoms. The summed E-state index contributed by atoms with van der Waals surface area (Å²) in [6.07, 6.45) is 3.71. The van der Waals surface area contributed by atoms with E-state index in [1.165, 1.54) is 22.9 Å². The number of anilines is 2. The summed E-state index contributed by atoms with van der Waals surface area (Å²) in [6.45, 7) is 7.47. The number of benzene rings is 2. The van der Waals surface area contributed by atoms with Gasteiger partial charge in [-0.05, 0) is 55.3 Å². The lowest BCUT2D eigenvalue weighted by Gasteiger charge is -2.28. The topological polar surface area (TPSA) is 59.4 Å². The summed E-state index contributed by atoms with van der Waals surface area (Å²) in [6, 6.07) is 14.3. The molecule has 1 aliphatic rings.